The third kappa shape index (κ3) is 2.57. The zero-order valence-electron chi connectivity index (χ0n) is 8.54. The van der Waals surface area contributed by atoms with Crippen molar-refractivity contribution in [2.24, 2.45) is 0 Å². The average molecular weight is 359 g/mol. The second kappa shape index (κ2) is 5.28. The summed E-state index contributed by atoms with van der Waals surface area (Å²) in [6.45, 7) is 0. The predicted molar refractivity (Wildman–Crippen MR) is 66.0 cm³/mol. The number of halogens is 4. The molecule has 88 valence electrons. The van der Waals surface area contributed by atoms with E-state index < -0.39 is 44.0 Å². The van der Waals surface area contributed by atoms with Crippen molar-refractivity contribution in [3.05, 3.63) is 26.3 Å². The van der Waals surface area contributed by atoms with E-state index >= 15 is 0 Å². The zero-order valence-corrected chi connectivity index (χ0v) is 10.9. The van der Waals surface area contributed by atoms with E-state index in [1.165, 1.54) is 6.07 Å². The predicted octanol–water partition coefficient (Wildman–Crippen LogP) is 1.60. The molecule has 0 bridgehead atoms. The molecule has 0 N–H and O–H groups in total. The Labute approximate surface area is 112 Å². The van der Waals surface area contributed by atoms with Crippen molar-refractivity contribution < 1.29 is 13.2 Å². The number of alkyl halides is 3. The number of rotatable bonds is 1. The molecular weight excluding hydrogens is 357 g/mol. The summed E-state index contributed by atoms with van der Waals surface area (Å²) in [5, 5.41) is 26.0. The Morgan fingerprint density at radius 3 is 2.17 bits per heavy atom. The molecule has 0 aliphatic rings. The molecule has 0 aliphatic carbocycles. The minimum absolute atomic E-state index is 0.238. The molecule has 0 heterocycles. The monoisotopic (exact) mass is 359 g/mol. The molecule has 1 aromatic rings. The van der Waals surface area contributed by atoms with E-state index in [4.69, 9.17) is 23.6 Å². The summed E-state index contributed by atoms with van der Waals surface area (Å²) in [6, 6.07) is 4.02. The molecule has 0 amide bonds. The van der Waals surface area contributed by atoms with Crippen molar-refractivity contribution in [3.8, 4) is 16.2 Å². The summed E-state index contributed by atoms with van der Waals surface area (Å²) in [6.07, 6.45) is -4.75. The third-order valence-electron chi connectivity index (χ3n) is 2.00. The maximum atomic E-state index is 12.8. The van der Waals surface area contributed by atoms with Crippen LogP contribution in [0.4, 0.5) is 13.2 Å². The van der Waals surface area contributed by atoms with E-state index in [9.17, 15) is 13.2 Å². The Bertz CT molecular complexity index is 620. The van der Waals surface area contributed by atoms with Gasteiger partial charge in [-0.05, 0) is 0 Å². The molecule has 0 aliphatic heterocycles. The summed E-state index contributed by atoms with van der Waals surface area (Å²) in [7, 11) is 5.31. The topological polar surface area (TPSA) is 71.4 Å². The molecule has 2 radical (unpaired) electrons. The number of hydrogen-bond donors (Lipinski definition) is 0. The van der Waals surface area contributed by atoms with E-state index in [2.05, 4.69) is 0 Å². The van der Waals surface area contributed by atoms with Gasteiger partial charge in [0.1, 0.15) is 0 Å². The van der Waals surface area contributed by atoms with Gasteiger partial charge in [0.25, 0.3) is 0 Å². The molecule has 8 heteroatoms. The van der Waals surface area contributed by atoms with E-state index in [0.29, 0.717) is 0 Å². The standard InChI is InChI=1S/C10H2BF3IN3/c11-9-6(3-17)5(2-16)1-7(15-4-18)8(9)10(12,13)14/h1,15H. The van der Waals surface area contributed by atoms with Crippen LogP contribution in [0.5, 0.6) is 0 Å². The summed E-state index contributed by atoms with van der Waals surface area (Å²) in [5.74, 6) is 0. The van der Waals surface area contributed by atoms with Crippen molar-refractivity contribution in [1.29, 1.82) is 15.8 Å². The Morgan fingerprint density at radius 1 is 1.17 bits per heavy atom. The fraction of sp³-hybridized carbons (Fsp3) is 0.100. The molecule has 0 spiro atoms. The first-order valence-corrected chi connectivity index (χ1v) is 6.59. The van der Waals surface area contributed by atoms with Crippen LogP contribution >= 0.6 is 21.2 Å². The van der Waals surface area contributed by atoms with E-state index in [1.807, 2.05) is 0 Å². The first kappa shape index (κ1) is 14.3. The van der Waals surface area contributed by atoms with Crippen LogP contribution in [0.15, 0.2) is 6.07 Å². The first-order valence-electron chi connectivity index (χ1n) is 4.26. The van der Waals surface area contributed by atoms with Gasteiger partial charge in [-0.1, -0.05) is 0 Å². The van der Waals surface area contributed by atoms with Gasteiger partial charge in [-0.3, -0.25) is 0 Å². The Balaban J connectivity index is 3.76. The number of nitrogens with zero attached hydrogens (tertiary/aromatic N) is 3. The minimum atomic E-state index is -4.75. The van der Waals surface area contributed by atoms with Crippen LogP contribution < -0.4 is 5.46 Å². The van der Waals surface area contributed by atoms with Crippen LogP contribution in [0.25, 0.3) is 0 Å². The van der Waals surface area contributed by atoms with Gasteiger partial charge in [0, 0.05) is 0 Å². The van der Waals surface area contributed by atoms with Gasteiger partial charge in [0.2, 0.25) is 0 Å². The van der Waals surface area contributed by atoms with Crippen molar-refractivity contribution in [3.63, 3.8) is 0 Å². The quantitative estimate of drug-likeness (QED) is 0.565. The second-order valence-electron chi connectivity index (χ2n) is 3.00. The van der Waals surface area contributed by atoms with Gasteiger partial charge in [-0.15, -0.1) is 0 Å². The van der Waals surface area contributed by atoms with Crippen molar-refractivity contribution in [2.75, 3.05) is 0 Å². The molecular formula is C10H2BF3IN3. The number of nitriles is 3. The van der Waals surface area contributed by atoms with Crippen molar-refractivity contribution >= 4 is 34.5 Å². The summed E-state index contributed by atoms with van der Waals surface area (Å²) >= 11 is -1.76. The molecule has 0 fully saturated rings. The number of benzene rings is 1. The Kier molecular flexibility index (Phi) is 4.21. The molecule has 0 atom stereocenters. The first-order chi connectivity index (χ1) is 8.36. The molecule has 0 saturated carbocycles. The van der Waals surface area contributed by atoms with Crippen LogP contribution in [-0.2, 0) is 6.18 Å². The zero-order chi connectivity index (χ0) is 13.9. The molecule has 1 rings (SSSR count). The second-order valence-corrected chi connectivity index (χ2v) is 5.36. The van der Waals surface area contributed by atoms with Gasteiger partial charge in [-0.2, -0.15) is 0 Å². The van der Waals surface area contributed by atoms with E-state index in [1.54, 1.807) is 10.1 Å². The summed E-state index contributed by atoms with van der Waals surface area (Å²) in [5.41, 5.74) is -2.68. The third-order valence-corrected chi connectivity index (χ3v) is 3.81. The molecule has 1 aromatic carbocycles. The molecule has 18 heavy (non-hydrogen) atoms. The van der Waals surface area contributed by atoms with Gasteiger partial charge in [-0.25, -0.2) is 0 Å². The van der Waals surface area contributed by atoms with E-state index in [0.717, 1.165) is 6.07 Å². The van der Waals surface area contributed by atoms with E-state index in [-0.39, 0.29) is 9.13 Å². The van der Waals surface area contributed by atoms with Crippen LogP contribution in [0.2, 0.25) is 0 Å². The number of hydrogen-bond acceptors (Lipinski definition) is 3. The normalized spacial score (nSPS) is 10.4. The maximum absolute atomic E-state index is 12.8. The molecule has 0 aromatic heterocycles. The van der Waals surface area contributed by atoms with Crippen molar-refractivity contribution in [2.45, 2.75) is 6.18 Å². The van der Waals surface area contributed by atoms with Crippen molar-refractivity contribution in [1.82, 2.24) is 0 Å². The Hall–Kier alpha value is -1.73. The van der Waals surface area contributed by atoms with Crippen LogP contribution in [0, 0.1) is 35.6 Å². The van der Waals surface area contributed by atoms with Gasteiger partial charge in [0.05, 0.1) is 0 Å². The molecule has 0 saturated heterocycles. The fourth-order valence-electron chi connectivity index (χ4n) is 1.31. The van der Waals surface area contributed by atoms with Crippen LogP contribution in [0.1, 0.15) is 16.7 Å². The average Bonchev–Trinajstić information content (AvgIpc) is 2.26. The molecule has 0 unspecified atom stereocenters. The Morgan fingerprint density at radius 2 is 1.78 bits per heavy atom. The summed E-state index contributed by atoms with van der Waals surface area (Å²) < 4.78 is 39.9. The SMILES string of the molecule is [B]c1c(C#N)c(C#N)cc([IH]C#N)c1C(F)(F)F. The van der Waals surface area contributed by atoms with Gasteiger partial charge in [0.15, 0.2) is 0 Å². The van der Waals surface area contributed by atoms with Gasteiger partial charge < -0.3 is 0 Å². The molecule has 3 nitrogen and oxygen atoms in total. The summed E-state index contributed by atoms with van der Waals surface area (Å²) in [4.78, 5) is 0. The fourth-order valence-corrected chi connectivity index (χ4v) is 3.03. The van der Waals surface area contributed by atoms with Crippen LogP contribution in [-0.4, -0.2) is 7.85 Å². The van der Waals surface area contributed by atoms with Crippen LogP contribution in [0.3, 0.4) is 0 Å². The van der Waals surface area contributed by atoms with Gasteiger partial charge >= 0.3 is 112 Å².